The van der Waals surface area contributed by atoms with Gasteiger partial charge in [0.1, 0.15) is 0 Å². The fraction of sp³-hybridized carbons (Fsp3) is 1.00. The Labute approximate surface area is 66.2 Å². The third-order valence-electron chi connectivity index (χ3n) is 1.66. The topological polar surface area (TPSA) is 18.5 Å². The summed E-state index contributed by atoms with van der Waals surface area (Å²) in [7, 11) is 1.23. The summed E-state index contributed by atoms with van der Waals surface area (Å²) in [6.45, 7) is 2.44. The number of hydrogen-bond acceptors (Lipinski definition) is 2. The smallest absolute Gasteiger partial charge is 0.334 e. The van der Waals surface area contributed by atoms with Crippen molar-refractivity contribution < 1.29 is 10.2 Å². The Morgan fingerprint density at radius 3 is 2.30 bits per heavy atom. The van der Waals surface area contributed by atoms with Crippen LogP contribution in [0.25, 0.3) is 0 Å². The highest BCUT2D eigenvalue weighted by Crippen LogP contribution is 2.14. The molecule has 3 heteroatoms. The van der Waals surface area contributed by atoms with Crippen molar-refractivity contribution >= 4 is 8.56 Å². The maximum atomic E-state index is 7.30. The average molecular weight is 164 g/mol. The van der Waals surface area contributed by atoms with Crippen LogP contribution in [0.4, 0.5) is 0 Å². The largest absolute Gasteiger partial charge is 0.398 e. The second-order valence-electron chi connectivity index (χ2n) is 2.42. The first-order valence-corrected chi connectivity index (χ1v) is 5.87. The summed E-state index contributed by atoms with van der Waals surface area (Å²) in [6.07, 6.45) is 2.24. The van der Waals surface area contributed by atoms with Gasteiger partial charge in [-0.3, -0.25) is 0 Å². The van der Waals surface area contributed by atoms with Gasteiger partial charge in [-0.15, -0.1) is 0 Å². The van der Waals surface area contributed by atoms with E-state index in [1.165, 1.54) is 0 Å². The SMILES string of the molecule is [3H]C[Si](CCCC)(OC)OC. The van der Waals surface area contributed by atoms with E-state index >= 15 is 0 Å². The lowest BCUT2D eigenvalue weighted by Gasteiger charge is -2.21. The summed E-state index contributed by atoms with van der Waals surface area (Å²) in [6, 6.07) is 0.944. The molecule has 0 atom stereocenters. The van der Waals surface area contributed by atoms with Crippen molar-refractivity contribution in [3.8, 4) is 0 Å². The normalized spacial score (nSPS) is 13.3. The van der Waals surface area contributed by atoms with Crippen LogP contribution in [0.15, 0.2) is 0 Å². The van der Waals surface area contributed by atoms with E-state index in [2.05, 4.69) is 6.92 Å². The molecule has 0 aromatic rings. The Balaban J connectivity index is 3.84. The molecule has 2 nitrogen and oxygen atoms in total. The molecule has 0 saturated heterocycles. The van der Waals surface area contributed by atoms with Crippen LogP contribution in [0.3, 0.4) is 0 Å². The molecule has 0 aliphatic rings. The van der Waals surface area contributed by atoms with Crippen LogP contribution in [-0.4, -0.2) is 22.8 Å². The Kier molecular flexibility index (Phi) is 4.02. The van der Waals surface area contributed by atoms with E-state index in [4.69, 9.17) is 10.2 Å². The van der Waals surface area contributed by atoms with E-state index in [0.717, 1.165) is 18.9 Å². The fourth-order valence-corrected chi connectivity index (χ4v) is 2.20. The predicted octanol–water partition coefficient (Wildman–Crippen LogP) is 2.15. The minimum absolute atomic E-state index is 0.306. The monoisotopic (exact) mass is 164 g/mol. The van der Waals surface area contributed by atoms with Crippen molar-refractivity contribution in [3.63, 3.8) is 0 Å². The predicted molar refractivity (Wildman–Crippen MR) is 45.4 cm³/mol. The van der Waals surface area contributed by atoms with Gasteiger partial charge in [-0.1, -0.05) is 19.8 Å². The van der Waals surface area contributed by atoms with Crippen molar-refractivity contribution in [1.82, 2.24) is 0 Å². The van der Waals surface area contributed by atoms with Gasteiger partial charge in [0.05, 0.1) is 0 Å². The second kappa shape index (κ2) is 4.88. The van der Waals surface area contributed by atoms with Crippen LogP contribution in [0.2, 0.25) is 12.6 Å². The fourth-order valence-electron chi connectivity index (χ4n) is 0.734. The number of hydrogen-bond donors (Lipinski definition) is 0. The molecule has 0 aromatic carbocycles. The van der Waals surface area contributed by atoms with Gasteiger partial charge in [0.25, 0.3) is 0 Å². The lowest BCUT2D eigenvalue weighted by Crippen LogP contribution is -2.35. The summed E-state index contributed by atoms with van der Waals surface area (Å²) >= 11 is 0. The lowest BCUT2D eigenvalue weighted by molar-refractivity contribution is 0.248. The van der Waals surface area contributed by atoms with E-state index in [-0.39, 0.29) is 0 Å². The molecule has 0 fully saturated rings. The van der Waals surface area contributed by atoms with Gasteiger partial charge in [0, 0.05) is 15.6 Å². The van der Waals surface area contributed by atoms with Crippen LogP contribution < -0.4 is 0 Å². The Hall–Kier alpha value is 0.137. The number of unbranched alkanes of at least 4 members (excludes halogenated alkanes) is 1. The van der Waals surface area contributed by atoms with Crippen LogP contribution in [-0.2, 0) is 8.85 Å². The standard InChI is InChI=1S/C7H18O2Si/c1-5-6-7-10(4,8-2)9-3/h5-7H2,1-4H3/i4T. The molecule has 0 heterocycles. The van der Waals surface area contributed by atoms with Crippen LogP contribution >= 0.6 is 0 Å². The van der Waals surface area contributed by atoms with Gasteiger partial charge >= 0.3 is 8.56 Å². The van der Waals surface area contributed by atoms with E-state index in [9.17, 15) is 0 Å². The second-order valence-corrected chi connectivity index (χ2v) is 5.56. The summed E-state index contributed by atoms with van der Waals surface area (Å²) in [5.41, 5.74) is 0. The summed E-state index contributed by atoms with van der Waals surface area (Å²) in [5.74, 6) is 0. The highest BCUT2D eigenvalue weighted by molar-refractivity contribution is 6.65. The first-order chi connectivity index (χ1) is 5.24. The molecular formula is C7H18O2Si. The molecule has 0 rings (SSSR count). The van der Waals surface area contributed by atoms with E-state index < -0.39 is 8.56 Å². The van der Waals surface area contributed by atoms with Crippen molar-refractivity contribution in [2.24, 2.45) is 0 Å². The van der Waals surface area contributed by atoms with Crippen molar-refractivity contribution in [2.75, 3.05) is 14.2 Å². The van der Waals surface area contributed by atoms with E-state index in [0.29, 0.717) is 6.52 Å². The molecule has 0 aliphatic heterocycles. The Morgan fingerprint density at radius 1 is 1.40 bits per heavy atom. The van der Waals surface area contributed by atoms with Crippen molar-refractivity contribution in [2.45, 2.75) is 32.3 Å². The highest BCUT2D eigenvalue weighted by atomic mass is 28.4. The van der Waals surface area contributed by atoms with Gasteiger partial charge in [0.2, 0.25) is 0 Å². The van der Waals surface area contributed by atoms with Crippen molar-refractivity contribution in [1.29, 1.82) is 0 Å². The van der Waals surface area contributed by atoms with Crippen LogP contribution in [0, 0.1) is 0 Å². The molecule has 0 N–H and O–H groups in total. The Morgan fingerprint density at radius 2 is 2.00 bits per heavy atom. The van der Waals surface area contributed by atoms with Gasteiger partial charge in [0.15, 0.2) is 0 Å². The molecular weight excluding hydrogens is 144 g/mol. The molecule has 0 radical (unpaired) electrons. The summed E-state index contributed by atoms with van der Waals surface area (Å²) in [4.78, 5) is 0. The molecule has 0 aromatic heterocycles. The minimum Gasteiger partial charge on any atom is -0.398 e. The maximum absolute atomic E-state index is 7.30. The zero-order valence-corrected chi connectivity index (χ0v) is 8.14. The molecule has 0 amide bonds. The lowest BCUT2D eigenvalue weighted by atomic mass is 10.4. The zero-order valence-electron chi connectivity index (χ0n) is 8.14. The summed E-state index contributed by atoms with van der Waals surface area (Å²) < 4.78 is 17.8. The quantitative estimate of drug-likeness (QED) is 0.580. The van der Waals surface area contributed by atoms with Crippen molar-refractivity contribution in [3.05, 3.63) is 0 Å². The van der Waals surface area contributed by atoms with E-state index in [1.54, 1.807) is 14.2 Å². The average Bonchev–Trinajstić information content (AvgIpc) is 2.08. The molecule has 10 heavy (non-hydrogen) atoms. The van der Waals surface area contributed by atoms with Gasteiger partial charge < -0.3 is 8.85 Å². The molecule has 0 unspecified atom stereocenters. The minimum atomic E-state index is -2.07. The first kappa shape index (κ1) is 8.24. The number of rotatable bonds is 5. The van der Waals surface area contributed by atoms with E-state index in [1.807, 2.05) is 0 Å². The van der Waals surface area contributed by atoms with Gasteiger partial charge in [-0.2, -0.15) is 0 Å². The van der Waals surface area contributed by atoms with Gasteiger partial charge in [-0.05, 0) is 12.6 Å². The third-order valence-corrected chi connectivity index (χ3v) is 4.26. The molecule has 0 spiro atoms. The third kappa shape index (κ3) is 3.34. The summed E-state index contributed by atoms with van der Waals surface area (Å²) in [5, 5.41) is 0. The first-order valence-electron chi connectivity index (χ1n) is 4.35. The zero-order chi connectivity index (χ0) is 8.74. The Bertz CT molecular complexity index is 88.2. The highest BCUT2D eigenvalue weighted by Gasteiger charge is 2.27. The maximum Gasteiger partial charge on any atom is 0.334 e. The molecule has 62 valence electrons. The molecule has 0 saturated carbocycles. The van der Waals surface area contributed by atoms with Crippen LogP contribution in [0.5, 0.6) is 0 Å². The van der Waals surface area contributed by atoms with Gasteiger partial charge in [-0.25, -0.2) is 0 Å². The van der Waals surface area contributed by atoms with Crippen LogP contribution in [0.1, 0.15) is 21.1 Å². The molecule has 0 aliphatic carbocycles. The molecule has 0 bridgehead atoms.